The molecule has 8 heteroatoms. The van der Waals surface area contributed by atoms with E-state index in [1.54, 1.807) is 20.3 Å². The first kappa shape index (κ1) is 27.4. The minimum absolute atomic E-state index is 0.0490. The van der Waals surface area contributed by atoms with Crippen LogP contribution in [0.4, 0.5) is 0 Å². The molecule has 4 aromatic rings. The molecule has 0 aliphatic carbocycles. The SMILES string of the molecule is COc1cc2c3cc1Oc1c(O)c(OC)cc4c1[C@@H](Cc1ccc(O)c(c1)Oc1ccc(cc1)C[C@@H]3N(C)CC2)NCC4. The number of aromatic hydroxyl groups is 2. The third kappa shape index (κ3) is 5.00. The van der Waals surface area contributed by atoms with Gasteiger partial charge in [-0.05, 0) is 110 Å². The fraction of sp³-hybridized carbons (Fsp3) is 0.314. The Morgan fingerprint density at radius 1 is 0.814 bits per heavy atom. The molecule has 4 aromatic carbocycles. The predicted octanol–water partition coefficient (Wildman–Crippen LogP) is 6.21. The minimum Gasteiger partial charge on any atom is -0.504 e. The topological polar surface area (TPSA) is 92.7 Å². The second-order valence-electron chi connectivity index (χ2n) is 11.6. The molecule has 2 atom stereocenters. The van der Waals surface area contributed by atoms with Crippen molar-refractivity contribution in [2.75, 3.05) is 34.4 Å². The number of benzene rings is 4. The van der Waals surface area contributed by atoms with E-state index in [0.29, 0.717) is 40.9 Å². The lowest BCUT2D eigenvalue weighted by molar-refractivity contribution is 0.228. The van der Waals surface area contributed by atoms with Gasteiger partial charge in [-0.3, -0.25) is 4.90 Å². The Kier molecular flexibility index (Phi) is 7.03. The van der Waals surface area contributed by atoms with Crippen molar-refractivity contribution in [3.63, 3.8) is 0 Å². The number of likely N-dealkylation sites (N-methyl/N-ethyl adjacent to an activating group) is 1. The minimum atomic E-state index is -0.173. The summed E-state index contributed by atoms with van der Waals surface area (Å²) in [6.45, 7) is 1.68. The van der Waals surface area contributed by atoms with E-state index < -0.39 is 0 Å². The molecule has 4 aliphatic rings. The van der Waals surface area contributed by atoms with Gasteiger partial charge in [-0.25, -0.2) is 0 Å². The lowest BCUT2D eigenvalue weighted by Crippen LogP contribution is -2.33. The second-order valence-corrected chi connectivity index (χ2v) is 11.6. The number of phenolic OH excluding ortho intramolecular Hbond substituents is 2. The third-order valence-corrected chi connectivity index (χ3v) is 9.00. The number of hydrogen-bond acceptors (Lipinski definition) is 8. The molecule has 0 amide bonds. The first-order chi connectivity index (χ1) is 20.9. The van der Waals surface area contributed by atoms with Crippen molar-refractivity contribution < 1.29 is 29.2 Å². The van der Waals surface area contributed by atoms with Crippen molar-refractivity contribution in [3.8, 4) is 46.0 Å². The van der Waals surface area contributed by atoms with E-state index in [1.807, 2.05) is 30.3 Å². The Balaban J connectivity index is 1.44. The highest BCUT2D eigenvalue weighted by molar-refractivity contribution is 5.63. The largest absolute Gasteiger partial charge is 0.504 e. The fourth-order valence-corrected chi connectivity index (χ4v) is 6.69. The van der Waals surface area contributed by atoms with Crippen LogP contribution in [-0.4, -0.2) is 49.5 Å². The maximum Gasteiger partial charge on any atom is 0.201 e. The first-order valence-electron chi connectivity index (χ1n) is 14.8. The highest BCUT2D eigenvalue weighted by Gasteiger charge is 2.32. The summed E-state index contributed by atoms with van der Waals surface area (Å²) in [4.78, 5) is 2.37. The van der Waals surface area contributed by atoms with Crippen LogP contribution in [0.3, 0.4) is 0 Å². The number of hydrogen-bond donors (Lipinski definition) is 3. The van der Waals surface area contributed by atoms with E-state index in [2.05, 4.69) is 41.5 Å². The summed E-state index contributed by atoms with van der Waals surface area (Å²) in [6, 6.07) is 19.5. The Morgan fingerprint density at radius 3 is 2.37 bits per heavy atom. The van der Waals surface area contributed by atoms with Gasteiger partial charge in [-0.1, -0.05) is 18.2 Å². The molecule has 222 valence electrons. The van der Waals surface area contributed by atoms with Crippen molar-refractivity contribution in [1.29, 1.82) is 0 Å². The lowest BCUT2D eigenvalue weighted by atomic mass is 9.88. The van der Waals surface area contributed by atoms with Crippen LogP contribution in [0.25, 0.3) is 0 Å². The van der Waals surface area contributed by atoms with Crippen molar-refractivity contribution in [2.24, 2.45) is 0 Å². The average Bonchev–Trinajstić information content (AvgIpc) is 3.01. The monoisotopic (exact) mass is 580 g/mol. The van der Waals surface area contributed by atoms with Gasteiger partial charge in [0.25, 0.3) is 0 Å². The Hall–Kier alpha value is -4.40. The van der Waals surface area contributed by atoms with Crippen molar-refractivity contribution in [1.82, 2.24) is 10.2 Å². The van der Waals surface area contributed by atoms with E-state index in [1.165, 1.54) is 16.7 Å². The first-order valence-corrected chi connectivity index (χ1v) is 14.8. The van der Waals surface area contributed by atoms with Crippen molar-refractivity contribution >= 4 is 0 Å². The molecule has 4 heterocycles. The number of fused-ring (bicyclic) bond motifs is 2. The Labute approximate surface area is 251 Å². The molecule has 0 radical (unpaired) electrons. The zero-order chi connectivity index (χ0) is 29.7. The summed E-state index contributed by atoms with van der Waals surface area (Å²) < 4.78 is 24.3. The summed E-state index contributed by atoms with van der Waals surface area (Å²) in [7, 11) is 5.35. The van der Waals surface area contributed by atoms with Gasteiger partial charge in [0.05, 0.1) is 14.2 Å². The van der Waals surface area contributed by atoms with Crippen LogP contribution < -0.4 is 24.3 Å². The zero-order valence-corrected chi connectivity index (χ0v) is 24.6. The van der Waals surface area contributed by atoms with Crippen LogP contribution in [0.15, 0.2) is 60.7 Å². The molecule has 3 N–H and O–H groups in total. The van der Waals surface area contributed by atoms with Gasteiger partial charge in [0.15, 0.2) is 34.5 Å². The van der Waals surface area contributed by atoms with E-state index in [-0.39, 0.29) is 23.6 Å². The smallest absolute Gasteiger partial charge is 0.201 e. The van der Waals surface area contributed by atoms with Gasteiger partial charge >= 0.3 is 0 Å². The van der Waals surface area contributed by atoms with E-state index in [0.717, 1.165) is 49.0 Å². The molecule has 6 bridgehead atoms. The van der Waals surface area contributed by atoms with Gasteiger partial charge in [0.2, 0.25) is 5.75 Å². The predicted molar refractivity (Wildman–Crippen MR) is 163 cm³/mol. The average molecular weight is 581 g/mol. The van der Waals surface area contributed by atoms with Gasteiger partial charge in [-0.15, -0.1) is 0 Å². The van der Waals surface area contributed by atoms with Crippen molar-refractivity contribution in [3.05, 3.63) is 94.0 Å². The summed E-state index contributed by atoms with van der Waals surface area (Å²) in [5, 5.41) is 25.8. The summed E-state index contributed by atoms with van der Waals surface area (Å²) in [6.07, 6.45) is 3.03. The van der Waals surface area contributed by atoms with E-state index in [4.69, 9.17) is 18.9 Å². The van der Waals surface area contributed by atoms with Gasteiger partial charge in [0.1, 0.15) is 5.75 Å². The maximum atomic E-state index is 11.5. The number of methoxy groups -OCH3 is 2. The number of phenols is 2. The highest BCUT2D eigenvalue weighted by Crippen LogP contribution is 2.50. The van der Waals surface area contributed by atoms with Crippen LogP contribution >= 0.6 is 0 Å². The second kappa shape index (κ2) is 11.0. The molecular formula is C35H36N2O6. The van der Waals surface area contributed by atoms with Gasteiger partial charge < -0.3 is 34.5 Å². The molecule has 0 saturated heterocycles. The number of rotatable bonds is 2. The number of nitrogens with zero attached hydrogens (tertiary/aromatic N) is 1. The normalized spacial score (nSPS) is 19.3. The molecule has 4 aliphatic heterocycles. The standard InChI is InChI=1S/C35H36N2O6/c1-37-13-11-22-17-30(40-2)31-19-25(22)27(37)15-20-4-7-24(8-5-20)42-29-16-21(6-9-28(29)38)14-26-33-23(10-12-36-26)18-32(41-3)34(39)35(33)43-31/h4-9,16-19,26-27,36,38-39H,10-15H2,1-3H3/t26-,27+/m1/s1. The molecular weight excluding hydrogens is 544 g/mol. The molecule has 43 heavy (non-hydrogen) atoms. The molecule has 8 rings (SSSR count). The summed E-state index contributed by atoms with van der Waals surface area (Å²) in [5.41, 5.74) is 6.47. The Bertz CT molecular complexity index is 1690. The maximum absolute atomic E-state index is 11.5. The summed E-state index contributed by atoms with van der Waals surface area (Å²) >= 11 is 0. The van der Waals surface area contributed by atoms with Gasteiger partial charge in [0, 0.05) is 24.2 Å². The van der Waals surface area contributed by atoms with E-state index >= 15 is 0 Å². The summed E-state index contributed by atoms with van der Waals surface area (Å²) in [5.74, 6) is 2.99. The van der Waals surface area contributed by atoms with Crippen LogP contribution in [0.2, 0.25) is 0 Å². The molecule has 0 aromatic heterocycles. The molecule has 0 saturated carbocycles. The molecule has 0 unspecified atom stereocenters. The van der Waals surface area contributed by atoms with Crippen LogP contribution in [0.1, 0.15) is 45.5 Å². The van der Waals surface area contributed by atoms with Crippen molar-refractivity contribution in [2.45, 2.75) is 37.8 Å². The molecule has 8 nitrogen and oxygen atoms in total. The quantitative estimate of drug-likeness (QED) is 0.258. The third-order valence-electron chi connectivity index (χ3n) is 9.00. The molecule has 0 fully saturated rings. The van der Waals surface area contributed by atoms with Gasteiger partial charge in [-0.2, -0.15) is 0 Å². The van der Waals surface area contributed by atoms with E-state index in [9.17, 15) is 10.2 Å². The van der Waals surface area contributed by atoms with Crippen LogP contribution in [0, 0.1) is 0 Å². The molecule has 0 spiro atoms. The number of nitrogens with one attached hydrogen (secondary N) is 1. The lowest BCUT2D eigenvalue weighted by Gasteiger charge is -2.35. The highest BCUT2D eigenvalue weighted by atomic mass is 16.5. The number of ether oxygens (including phenoxy) is 4. The fourth-order valence-electron chi connectivity index (χ4n) is 6.69. The Morgan fingerprint density at radius 2 is 1.58 bits per heavy atom. The zero-order valence-electron chi connectivity index (χ0n) is 24.6. The van der Waals surface area contributed by atoms with Crippen LogP contribution in [-0.2, 0) is 25.7 Å². The van der Waals surface area contributed by atoms with Crippen LogP contribution in [0.5, 0.6) is 46.0 Å².